The van der Waals surface area contributed by atoms with Crippen molar-refractivity contribution < 1.29 is 35.2 Å². The van der Waals surface area contributed by atoms with Crippen molar-refractivity contribution >= 4 is 44.2 Å². The van der Waals surface area contributed by atoms with Gasteiger partial charge in [0.15, 0.2) is 0 Å². The van der Waals surface area contributed by atoms with Gasteiger partial charge in [-0.25, -0.2) is 8.42 Å². The number of benzene rings is 9. The second kappa shape index (κ2) is 37.1. The van der Waals surface area contributed by atoms with E-state index in [4.69, 9.17) is 13.0 Å². The third kappa shape index (κ3) is 26.9. The molecule has 0 aliphatic rings. The quantitative estimate of drug-likeness (QED) is 0.0576. The van der Waals surface area contributed by atoms with Gasteiger partial charge in [-0.3, -0.25) is 4.90 Å². The van der Waals surface area contributed by atoms with Crippen molar-refractivity contribution in [2.75, 3.05) is 120 Å². The van der Waals surface area contributed by atoms with E-state index in [1.165, 1.54) is 84.2 Å². The second-order valence-corrected chi connectivity index (χ2v) is 25.6. The summed E-state index contributed by atoms with van der Waals surface area (Å²) in [6.07, 6.45) is 0.604. The Kier molecular flexibility index (Phi) is 29.9. The van der Waals surface area contributed by atoms with E-state index in [1.807, 2.05) is 0 Å². The SMILES string of the molecule is CN(C)c1ccc(CN(Cc2ccccc2)Cc2ccc(N(C)C)cc2)cc1.CN(C)c1ccc(C[NH+](Cc2ccccc2)Cc2ccc(N(C)C)cc2)cc1.CN(C)c1ccc(C[NH+](Cc2ccccc2)Cc2ccc(N(C)C)cc2)cc1.CS(=O)(=O)[O-].[Cl-]. The highest BCUT2D eigenvalue weighted by Crippen LogP contribution is 2.21. The predicted octanol–water partition coefficient (Wildman–Crippen LogP) is 8.39. The van der Waals surface area contributed by atoms with Crippen molar-refractivity contribution in [3.8, 4) is 0 Å². The van der Waals surface area contributed by atoms with E-state index in [0.29, 0.717) is 6.26 Å². The molecular formula is C76H98ClN9O3S. The van der Waals surface area contributed by atoms with Crippen LogP contribution in [0.4, 0.5) is 34.1 Å². The third-order valence-corrected chi connectivity index (χ3v) is 15.2. The monoisotopic (exact) mass is 1250 g/mol. The normalized spacial score (nSPS) is 10.8. The summed E-state index contributed by atoms with van der Waals surface area (Å²) in [6.45, 7) is 8.88. The van der Waals surface area contributed by atoms with Crippen LogP contribution >= 0.6 is 0 Å². The van der Waals surface area contributed by atoms with E-state index in [9.17, 15) is 0 Å². The van der Waals surface area contributed by atoms with Crippen LogP contribution in [0.15, 0.2) is 237 Å². The van der Waals surface area contributed by atoms with Gasteiger partial charge in [-0.2, -0.15) is 0 Å². The van der Waals surface area contributed by atoms with Crippen LogP contribution in [0, 0.1) is 0 Å². The van der Waals surface area contributed by atoms with Crippen LogP contribution in [0.25, 0.3) is 0 Å². The van der Waals surface area contributed by atoms with Gasteiger partial charge in [-0.05, 0) is 89.5 Å². The zero-order valence-electron chi connectivity index (χ0n) is 55.5. The van der Waals surface area contributed by atoms with Crippen molar-refractivity contribution in [1.82, 2.24) is 4.90 Å². The van der Waals surface area contributed by atoms with Gasteiger partial charge < -0.3 is 56.2 Å². The molecule has 0 spiro atoms. The first kappa shape index (κ1) is 72.6. The number of anilines is 6. The fourth-order valence-corrected chi connectivity index (χ4v) is 10.3. The molecule has 0 heterocycles. The van der Waals surface area contributed by atoms with Gasteiger partial charge in [0.1, 0.15) is 39.3 Å². The maximum Gasteiger partial charge on any atom is 0.103 e. The van der Waals surface area contributed by atoms with Crippen LogP contribution in [0.2, 0.25) is 0 Å². The first-order valence-corrected chi connectivity index (χ1v) is 32.3. The van der Waals surface area contributed by atoms with Crippen molar-refractivity contribution in [3.63, 3.8) is 0 Å². The second-order valence-electron chi connectivity index (χ2n) is 24.2. The minimum atomic E-state index is -3.92. The van der Waals surface area contributed by atoms with Gasteiger partial charge in [-0.1, -0.05) is 164 Å². The number of quaternary nitrogens is 2. The Morgan fingerprint density at radius 1 is 0.267 bits per heavy atom. The van der Waals surface area contributed by atoms with Gasteiger partial charge in [0.2, 0.25) is 0 Å². The lowest BCUT2D eigenvalue weighted by Gasteiger charge is -2.24. The van der Waals surface area contributed by atoms with Crippen molar-refractivity contribution in [2.24, 2.45) is 0 Å². The molecule has 0 saturated heterocycles. The van der Waals surface area contributed by atoms with Gasteiger partial charge in [0.05, 0.1) is 10.1 Å². The molecule has 478 valence electrons. The minimum Gasteiger partial charge on any atom is -1.00 e. The number of hydrogen-bond donors (Lipinski definition) is 2. The molecule has 9 rings (SSSR count). The zero-order valence-corrected chi connectivity index (χ0v) is 57.1. The third-order valence-electron chi connectivity index (χ3n) is 15.2. The summed E-state index contributed by atoms with van der Waals surface area (Å²) in [4.78, 5) is 18.4. The Labute approximate surface area is 547 Å². The average Bonchev–Trinajstić information content (AvgIpc) is 1.75. The van der Waals surface area contributed by atoms with Gasteiger partial charge >= 0.3 is 0 Å². The van der Waals surface area contributed by atoms with E-state index in [-0.39, 0.29) is 12.4 Å². The number of rotatable bonds is 24. The van der Waals surface area contributed by atoms with Crippen molar-refractivity contribution in [3.05, 3.63) is 287 Å². The molecule has 0 aliphatic heterocycles. The maximum absolute atomic E-state index is 9.08. The molecule has 0 unspecified atom stereocenters. The zero-order chi connectivity index (χ0) is 64.3. The van der Waals surface area contributed by atoms with Crippen LogP contribution < -0.4 is 51.6 Å². The highest BCUT2D eigenvalue weighted by molar-refractivity contribution is 7.84. The molecule has 90 heavy (non-hydrogen) atoms. The summed E-state index contributed by atoms with van der Waals surface area (Å²) >= 11 is 0. The Bertz CT molecular complexity index is 2980. The summed E-state index contributed by atoms with van der Waals surface area (Å²) in [5.74, 6) is 0. The summed E-state index contributed by atoms with van der Waals surface area (Å²) in [6, 6.07) is 85.8. The lowest BCUT2D eigenvalue weighted by molar-refractivity contribution is -0.941. The Balaban J connectivity index is 0.000000235. The molecule has 12 nitrogen and oxygen atoms in total. The Hall–Kier alpha value is -8.14. The van der Waals surface area contributed by atoms with Gasteiger partial charge in [-0.15, -0.1) is 0 Å². The molecule has 0 saturated carbocycles. The molecule has 0 fully saturated rings. The molecule has 0 bridgehead atoms. The number of nitrogens with zero attached hydrogens (tertiary/aromatic N) is 7. The largest absolute Gasteiger partial charge is 1.00 e. The number of nitrogens with one attached hydrogen (secondary N) is 2. The smallest absolute Gasteiger partial charge is 0.103 e. The first-order valence-electron chi connectivity index (χ1n) is 30.5. The molecule has 14 heteroatoms. The number of halogens is 1. The van der Waals surface area contributed by atoms with E-state index >= 15 is 0 Å². The Morgan fingerprint density at radius 2 is 0.411 bits per heavy atom. The van der Waals surface area contributed by atoms with E-state index in [1.54, 1.807) is 9.80 Å². The maximum atomic E-state index is 9.08. The minimum absolute atomic E-state index is 0. The molecule has 0 atom stereocenters. The summed E-state index contributed by atoms with van der Waals surface area (Å²) in [5.41, 5.74) is 19.7. The Morgan fingerprint density at radius 3 is 0.589 bits per heavy atom. The first-order chi connectivity index (χ1) is 42.5. The molecule has 0 radical (unpaired) electrons. The van der Waals surface area contributed by atoms with E-state index in [2.05, 4.69) is 355 Å². The molecule has 0 amide bonds. The standard InChI is InChI=1S/3C25H31N3.CH4O3S.ClH/c3*1-26(2)24-14-10-22(11-15-24)19-28(18-21-8-6-5-7-9-21)20-23-12-16-25(17-13-23)27(3)4;1-5(2,3)4;/h3*5-17H,18-20H2,1-4H3;1H3,(H,2,3,4);1H. The fourth-order valence-electron chi connectivity index (χ4n) is 10.3. The van der Waals surface area contributed by atoms with Crippen molar-refractivity contribution in [2.45, 2.75) is 58.9 Å². The van der Waals surface area contributed by atoms with Gasteiger partial charge in [0.25, 0.3) is 0 Å². The highest BCUT2D eigenvalue weighted by Gasteiger charge is 2.16. The van der Waals surface area contributed by atoms with E-state index < -0.39 is 10.1 Å². The van der Waals surface area contributed by atoms with Gasteiger partial charge in [0, 0.05) is 178 Å². The van der Waals surface area contributed by atoms with Crippen LogP contribution in [-0.2, 0) is 69.0 Å². The fraction of sp³-hybridized carbons (Fsp3) is 0.289. The summed E-state index contributed by atoms with van der Waals surface area (Å²) < 4.78 is 27.2. The lowest BCUT2D eigenvalue weighted by atomic mass is 10.1. The van der Waals surface area contributed by atoms with Crippen LogP contribution in [0.3, 0.4) is 0 Å². The van der Waals surface area contributed by atoms with Crippen LogP contribution in [0.5, 0.6) is 0 Å². The van der Waals surface area contributed by atoms with Crippen LogP contribution in [-0.4, -0.2) is 109 Å². The average molecular weight is 1250 g/mol. The van der Waals surface area contributed by atoms with Crippen LogP contribution in [0.1, 0.15) is 50.1 Å². The number of hydrogen-bond acceptors (Lipinski definition) is 10. The molecule has 0 aliphatic carbocycles. The summed E-state index contributed by atoms with van der Waals surface area (Å²) in [5, 5.41) is 0. The molecule has 2 N–H and O–H groups in total. The molecular weight excluding hydrogens is 1150 g/mol. The topological polar surface area (TPSA) is 88.8 Å². The van der Waals surface area contributed by atoms with Crippen molar-refractivity contribution in [1.29, 1.82) is 0 Å². The summed E-state index contributed by atoms with van der Waals surface area (Å²) in [7, 11) is 21.1. The van der Waals surface area contributed by atoms with E-state index in [0.717, 1.165) is 58.9 Å². The molecule has 9 aromatic carbocycles. The molecule has 9 aromatic rings. The highest BCUT2D eigenvalue weighted by atomic mass is 35.5. The predicted molar refractivity (Wildman–Crippen MR) is 377 cm³/mol. The molecule has 0 aromatic heterocycles. The lowest BCUT2D eigenvalue weighted by Crippen LogP contribution is -3.08.